The Morgan fingerprint density at radius 3 is 2.53 bits per heavy atom. The van der Waals surface area contributed by atoms with Crippen LogP contribution >= 0.6 is 11.3 Å². The molecule has 0 atom stereocenters. The summed E-state index contributed by atoms with van der Waals surface area (Å²) < 4.78 is 26.2. The van der Waals surface area contributed by atoms with Crippen molar-refractivity contribution < 1.29 is 18.3 Å². The van der Waals surface area contributed by atoms with Crippen molar-refractivity contribution in [1.82, 2.24) is 9.21 Å². The number of thiophene rings is 1. The van der Waals surface area contributed by atoms with E-state index in [2.05, 4.69) is 4.90 Å². The first-order valence-electron chi connectivity index (χ1n) is 6.00. The lowest BCUT2D eigenvalue weighted by Crippen LogP contribution is -2.48. The number of rotatable bonds is 4. The number of carboxylic acid groups (broad SMARTS) is 1. The van der Waals surface area contributed by atoms with E-state index in [0.29, 0.717) is 26.2 Å². The van der Waals surface area contributed by atoms with Crippen molar-refractivity contribution in [2.24, 2.45) is 0 Å². The molecule has 1 N–H and O–H groups in total. The standard InChI is InChI=1S/C11H16N2O4S2/c1-2-12-4-6-13(7-5-12)19(16,17)9-3-8-18-10(9)11(14)15/h3,8H,2,4-7H2,1H3,(H,14,15). The van der Waals surface area contributed by atoms with Gasteiger partial charge in [0.15, 0.2) is 0 Å². The van der Waals surface area contributed by atoms with Crippen LogP contribution < -0.4 is 0 Å². The molecule has 19 heavy (non-hydrogen) atoms. The molecule has 1 aliphatic heterocycles. The summed E-state index contributed by atoms with van der Waals surface area (Å²) in [5.41, 5.74) is 0. The van der Waals surface area contributed by atoms with Crippen LogP contribution in [0.5, 0.6) is 0 Å². The molecule has 1 aliphatic rings. The highest BCUT2D eigenvalue weighted by molar-refractivity contribution is 7.89. The zero-order chi connectivity index (χ0) is 14.0. The Hall–Kier alpha value is -0.960. The van der Waals surface area contributed by atoms with Crippen molar-refractivity contribution in [1.29, 1.82) is 0 Å². The van der Waals surface area contributed by atoms with Crippen LogP contribution in [0, 0.1) is 0 Å². The zero-order valence-corrected chi connectivity index (χ0v) is 12.2. The summed E-state index contributed by atoms with van der Waals surface area (Å²) in [6.07, 6.45) is 0. The van der Waals surface area contributed by atoms with Crippen LogP contribution in [0.1, 0.15) is 16.6 Å². The predicted octanol–water partition coefficient (Wildman–Crippen LogP) is 0.772. The molecule has 1 aromatic rings. The third-order valence-electron chi connectivity index (χ3n) is 3.22. The normalized spacial score (nSPS) is 18.6. The van der Waals surface area contributed by atoms with Gasteiger partial charge in [0.1, 0.15) is 9.77 Å². The molecule has 6 nitrogen and oxygen atoms in total. The van der Waals surface area contributed by atoms with E-state index in [4.69, 9.17) is 5.11 Å². The van der Waals surface area contributed by atoms with Gasteiger partial charge in [-0.25, -0.2) is 13.2 Å². The summed E-state index contributed by atoms with van der Waals surface area (Å²) in [5, 5.41) is 10.5. The summed E-state index contributed by atoms with van der Waals surface area (Å²) >= 11 is 0.938. The summed E-state index contributed by atoms with van der Waals surface area (Å²) in [6.45, 7) is 5.11. The average molecular weight is 304 g/mol. The van der Waals surface area contributed by atoms with Gasteiger partial charge in [-0.2, -0.15) is 4.31 Å². The lowest BCUT2D eigenvalue weighted by atomic mass is 10.4. The molecule has 1 saturated heterocycles. The van der Waals surface area contributed by atoms with E-state index in [1.807, 2.05) is 6.92 Å². The van der Waals surface area contributed by atoms with Gasteiger partial charge < -0.3 is 10.0 Å². The lowest BCUT2D eigenvalue weighted by molar-refractivity contribution is 0.0698. The molecule has 2 heterocycles. The average Bonchev–Trinajstić information content (AvgIpc) is 2.89. The van der Waals surface area contributed by atoms with Crippen LogP contribution in [0.4, 0.5) is 0 Å². The fraction of sp³-hybridized carbons (Fsp3) is 0.545. The lowest BCUT2D eigenvalue weighted by Gasteiger charge is -2.33. The molecule has 0 saturated carbocycles. The number of aromatic carboxylic acids is 1. The van der Waals surface area contributed by atoms with Crippen molar-refractivity contribution in [3.8, 4) is 0 Å². The van der Waals surface area contributed by atoms with Crippen LogP contribution in [0.25, 0.3) is 0 Å². The first-order chi connectivity index (χ1) is 8.96. The summed E-state index contributed by atoms with van der Waals surface area (Å²) in [6, 6.07) is 1.37. The van der Waals surface area contributed by atoms with Gasteiger partial charge in [0.2, 0.25) is 10.0 Å². The molecule has 0 bridgehead atoms. The van der Waals surface area contributed by atoms with E-state index in [-0.39, 0.29) is 9.77 Å². The first kappa shape index (κ1) is 14.4. The smallest absolute Gasteiger partial charge is 0.347 e. The van der Waals surface area contributed by atoms with Crippen LogP contribution in [0.15, 0.2) is 16.3 Å². The molecule has 0 unspecified atom stereocenters. The highest BCUT2D eigenvalue weighted by Gasteiger charge is 2.32. The molecule has 2 rings (SSSR count). The highest BCUT2D eigenvalue weighted by Crippen LogP contribution is 2.25. The SMILES string of the molecule is CCN1CCN(S(=O)(=O)c2ccsc2C(=O)O)CC1. The number of hydrogen-bond acceptors (Lipinski definition) is 5. The number of sulfonamides is 1. The van der Waals surface area contributed by atoms with E-state index in [1.165, 1.54) is 15.8 Å². The second-order valence-electron chi connectivity index (χ2n) is 4.26. The Morgan fingerprint density at radius 1 is 1.37 bits per heavy atom. The molecule has 0 aromatic carbocycles. The van der Waals surface area contributed by atoms with Crippen molar-refractivity contribution in [2.75, 3.05) is 32.7 Å². The largest absolute Gasteiger partial charge is 0.477 e. The fourth-order valence-corrected chi connectivity index (χ4v) is 4.74. The molecular formula is C11H16N2O4S2. The third kappa shape index (κ3) is 2.81. The van der Waals surface area contributed by atoms with Gasteiger partial charge in [0, 0.05) is 26.2 Å². The minimum Gasteiger partial charge on any atom is -0.477 e. The van der Waals surface area contributed by atoms with Gasteiger partial charge >= 0.3 is 5.97 Å². The van der Waals surface area contributed by atoms with Crippen molar-refractivity contribution >= 4 is 27.3 Å². The van der Waals surface area contributed by atoms with E-state index in [9.17, 15) is 13.2 Å². The Balaban J connectivity index is 2.23. The molecule has 0 amide bonds. The number of piperazine rings is 1. The van der Waals surface area contributed by atoms with E-state index in [0.717, 1.165) is 17.9 Å². The summed E-state index contributed by atoms with van der Waals surface area (Å²) in [7, 11) is -3.69. The third-order valence-corrected chi connectivity index (χ3v) is 6.19. The maximum absolute atomic E-state index is 12.4. The second-order valence-corrected chi connectivity index (χ2v) is 7.08. The van der Waals surface area contributed by atoms with Gasteiger partial charge in [0.25, 0.3) is 0 Å². The molecule has 1 aromatic heterocycles. The van der Waals surface area contributed by atoms with Crippen LogP contribution in [-0.2, 0) is 10.0 Å². The van der Waals surface area contributed by atoms with E-state index >= 15 is 0 Å². The minimum absolute atomic E-state index is 0.0880. The Bertz CT molecular complexity index is 559. The molecule has 8 heteroatoms. The van der Waals surface area contributed by atoms with Gasteiger partial charge in [-0.15, -0.1) is 11.3 Å². The number of carbonyl (C=O) groups is 1. The minimum atomic E-state index is -3.69. The molecule has 0 radical (unpaired) electrons. The van der Waals surface area contributed by atoms with Crippen molar-refractivity contribution in [3.63, 3.8) is 0 Å². The maximum Gasteiger partial charge on any atom is 0.347 e. The van der Waals surface area contributed by atoms with Gasteiger partial charge in [-0.3, -0.25) is 0 Å². The Kier molecular flexibility index (Phi) is 4.24. The molecular weight excluding hydrogens is 288 g/mol. The first-order valence-corrected chi connectivity index (χ1v) is 8.32. The Labute approximate surface area is 116 Å². The Morgan fingerprint density at radius 2 is 2.00 bits per heavy atom. The number of likely N-dealkylation sites (N-methyl/N-ethyl adjacent to an activating group) is 1. The summed E-state index contributed by atoms with van der Waals surface area (Å²) in [4.78, 5) is 13.0. The second kappa shape index (κ2) is 5.58. The predicted molar refractivity (Wildman–Crippen MR) is 72.2 cm³/mol. The van der Waals surface area contributed by atoms with Crippen LogP contribution in [-0.4, -0.2) is 61.4 Å². The zero-order valence-electron chi connectivity index (χ0n) is 10.6. The molecule has 106 valence electrons. The highest BCUT2D eigenvalue weighted by atomic mass is 32.2. The van der Waals surface area contributed by atoms with Gasteiger partial charge in [-0.1, -0.05) is 6.92 Å². The maximum atomic E-state index is 12.4. The molecule has 1 fully saturated rings. The number of nitrogens with zero attached hydrogens (tertiary/aromatic N) is 2. The summed E-state index contributed by atoms with van der Waals surface area (Å²) in [5.74, 6) is -1.19. The fourth-order valence-electron chi connectivity index (χ4n) is 2.08. The van der Waals surface area contributed by atoms with Crippen molar-refractivity contribution in [2.45, 2.75) is 11.8 Å². The van der Waals surface area contributed by atoms with E-state index < -0.39 is 16.0 Å². The topological polar surface area (TPSA) is 77.9 Å². The van der Waals surface area contributed by atoms with Crippen LogP contribution in [0.2, 0.25) is 0 Å². The number of carboxylic acids is 1. The molecule has 0 spiro atoms. The number of hydrogen-bond donors (Lipinski definition) is 1. The van der Waals surface area contributed by atoms with Crippen molar-refractivity contribution in [3.05, 3.63) is 16.3 Å². The van der Waals surface area contributed by atoms with Gasteiger partial charge in [-0.05, 0) is 18.0 Å². The monoisotopic (exact) mass is 304 g/mol. The van der Waals surface area contributed by atoms with Crippen LogP contribution in [0.3, 0.4) is 0 Å². The molecule has 0 aliphatic carbocycles. The quantitative estimate of drug-likeness (QED) is 0.889. The van der Waals surface area contributed by atoms with E-state index in [1.54, 1.807) is 0 Å². The van der Waals surface area contributed by atoms with Gasteiger partial charge in [0.05, 0.1) is 0 Å².